The third-order valence-corrected chi connectivity index (χ3v) is 3.06. The zero-order chi connectivity index (χ0) is 15.0. The number of aliphatic imine (C=N–C) groups is 1. The molecule has 0 bridgehead atoms. The Bertz CT molecular complexity index is 398. The molecule has 1 aromatic rings. The summed E-state index contributed by atoms with van der Waals surface area (Å²) in [7, 11) is 0. The van der Waals surface area contributed by atoms with E-state index in [1.807, 2.05) is 18.2 Å². The largest absolute Gasteiger partial charge is 0.380 e. The van der Waals surface area contributed by atoms with Gasteiger partial charge in [0.2, 0.25) is 0 Å². The van der Waals surface area contributed by atoms with Gasteiger partial charge in [-0.25, -0.2) is 0 Å². The Morgan fingerprint density at radius 3 is 2.35 bits per heavy atom. The van der Waals surface area contributed by atoms with E-state index in [0.717, 1.165) is 18.8 Å². The lowest BCUT2D eigenvalue weighted by molar-refractivity contribution is 0.514. The van der Waals surface area contributed by atoms with Crippen molar-refractivity contribution in [2.24, 2.45) is 22.6 Å². The van der Waals surface area contributed by atoms with Crippen LogP contribution in [0, 0.1) is 11.8 Å². The van der Waals surface area contributed by atoms with Gasteiger partial charge in [0.05, 0.1) is 0 Å². The molecule has 0 aliphatic rings. The van der Waals surface area contributed by atoms with E-state index in [1.165, 1.54) is 0 Å². The highest BCUT2D eigenvalue weighted by molar-refractivity contribution is 5.77. The van der Waals surface area contributed by atoms with Gasteiger partial charge in [0.1, 0.15) is 0 Å². The van der Waals surface area contributed by atoms with Gasteiger partial charge in [0.25, 0.3) is 0 Å². The zero-order valence-corrected chi connectivity index (χ0v) is 13.1. The molecule has 1 rings (SSSR count). The second-order valence-corrected chi connectivity index (χ2v) is 5.86. The predicted octanol–water partition coefficient (Wildman–Crippen LogP) is 2.68. The van der Waals surface area contributed by atoms with Gasteiger partial charge in [-0.1, -0.05) is 45.9 Å². The first-order chi connectivity index (χ1) is 9.49. The minimum atomic E-state index is 0.310. The van der Waals surface area contributed by atoms with Crippen molar-refractivity contribution in [3.63, 3.8) is 0 Å². The van der Waals surface area contributed by atoms with Gasteiger partial charge in [-0.2, -0.15) is 0 Å². The van der Waals surface area contributed by atoms with Gasteiger partial charge in [-0.05, 0) is 24.0 Å². The average Bonchev–Trinajstić information content (AvgIpc) is 2.42. The highest BCUT2D eigenvalue weighted by atomic mass is 15.1. The van der Waals surface area contributed by atoms with Crippen LogP contribution in [0.4, 0.5) is 5.69 Å². The summed E-state index contributed by atoms with van der Waals surface area (Å²) in [4.78, 5) is 4.32. The van der Waals surface area contributed by atoms with Crippen LogP contribution in [0.15, 0.2) is 35.3 Å². The number of para-hydroxylation sites is 1. The zero-order valence-electron chi connectivity index (χ0n) is 13.1. The van der Waals surface area contributed by atoms with Gasteiger partial charge in [-0.3, -0.25) is 4.99 Å². The lowest BCUT2D eigenvalue weighted by atomic mass is 10.0. The summed E-state index contributed by atoms with van der Waals surface area (Å²) < 4.78 is 0. The van der Waals surface area contributed by atoms with E-state index in [0.29, 0.717) is 23.8 Å². The molecule has 0 aromatic heterocycles. The van der Waals surface area contributed by atoms with Gasteiger partial charge in [0.15, 0.2) is 5.96 Å². The molecule has 112 valence electrons. The number of nitrogens with two attached hydrogens (primary N) is 1. The fourth-order valence-electron chi connectivity index (χ4n) is 1.75. The first-order valence-electron chi connectivity index (χ1n) is 7.34. The van der Waals surface area contributed by atoms with Crippen molar-refractivity contribution in [3.8, 4) is 0 Å². The van der Waals surface area contributed by atoms with Crippen molar-refractivity contribution in [2.45, 2.75) is 33.7 Å². The topological polar surface area (TPSA) is 62.4 Å². The Hall–Kier alpha value is -1.71. The third-order valence-electron chi connectivity index (χ3n) is 3.06. The Kier molecular flexibility index (Phi) is 6.91. The molecule has 4 N–H and O–H groups in total. The van der Waals surface area contributed by atoms with E-state index in [1.54, 1.807) is 0 Å². The second-order valence-electron chi connectivity index (χ2n) is 5.86. The molecule has 0 aliphatic carbocycles. The van der Waals surface area contributed by atoms with E-state index >= 15 is 0 Å². The number of hydrogen-bond donors (Lipinski definition) is 3. The number of anilines is 1. The third kappa shape index (κ3) is 6.45. The maximum atomic E-state index is 5.87. The highest BCUT2D eigenvalue weighted by Gasteiger charge is 2.13. The maximum Gasteiger partial charge on any atom is 0.188 e. The fraction of sp³-hybridized carbons (Fsp3) is 0.562. The van der Waals surface area contributed by atoms with Crippen LogP contribution < -0.4 is 16.4 Å². The summed E-state index contributed by atoms with van der Waals surface area (Å²) in [5.74, 6) is 1.55. The molecule has 0 radical (unpaired) electrons. The molecule has 0 saturated heterocycles. The summed E-state index contributed by atoms with van der Waals surface area (Å²) in [5.41, 5.74) is 7.01. The molecule has 20 heavy (non-hydrogen) atoms. The second kappa shape index (κ2) is 8.46. The molecule has 0 heterocycles. The first kappa shape index (κ1) is 16.3. The van der Waals surface area contributed by atoms with Crippen LogP contribution in [-0.2, 0) is 0 Å². The molecular formula is C16H28N4. The van der Waals surface area contributed by atoms with Gasteiger partial charge in [0, 0.05) is 24.8 Å². The van der Waals surface area contributed by atoms with E-state index in [2.05, 4.69) is 55.5 Å². The molecule has 0 fully saturated rings. The Morgan fingerprint density at radius 1 is 1.15 bits per heavy atom. The summed E-state index contributed by atoms with van der Waals surface area (Å²) >= 11 is 0. The van der Waals surface area contributed by atoms with Gasteiger partial charge >= 0.3 is 0 Å². The Balaban J connectivity index is 2.49. The van der Waals surface area contributed by atoms with E-state index < -0.39 is 0 Å². The van der Waals surface area contributed by atoms with Crippen molar-refractivity contribution >= 4 is 11.6 Å². The molecular weight excluding hydrogens is 248 g/mol. The van der Waals surface area contributed by atoms with Crippen LogP contribution in [0.25, 0.3) is 0 Å². The molecule has 4 heteroatoms. The first-order valence-corrected chi connectivity index (χ1v) is 7.34. The van der Waals surface area contributed by atoms with Crippen molar-refractivity contribution < 1.29 is 0 Å². The molecule has 0 spiro atoms. The molecule has 0 saturated carbocycles. The molecule has 0 aliphatic heterocycles. The number of guanidine groups is 1. The van der Waals surface area contributed by atoms with Crippen LogP contribution >= 0.6 is 0 Å². The van der Waals surface area contributed by atoms with Crippen molar-refractivity contribution in [3.05, 3.63) is 30.3 Å². The van der Waals surface area contributed by atoms with Crippen molar-refractivity contribution in [2.75, 3.05) is 18.4 Å². The van der Waals surface area contributed by atoms with E-state index in [4.69, 9.17) is 5.73 Å². The molecule has 0 amide bonds. The predicted molar refractivity (Wildman–Crippen MR) is 88.0 cm³/mol. The number of hydrogen-bond acceptors (Lipinski definition) is 2. The van der Waals surface area contributed by atoms with E-state index in [-0.39, 0.29) is 0 Å². The molecule has 1 unspecified atom stereocenters. The van der Waals surface area contributed by atoms with Gasteiger partial charge in [-0.15, -0.1) is 0 Å². The van der Waals surface area contributed by atoms with Crippen LogP contribution in [0.5, 0.6) is 0 Å². The van der Waals surface area contributed by atoms with Crippen LogP contribution in [-0.4, -0.2) is 25.1 Å². The van der Waals surface area contributed by atoms with Crippen LogP contribution in [0.2, 0.25) is 0 Å². The average molecular weight is 276 g/mol. The monoisotopic (exact) mass is 276 g/mol. The Labute approximate surface area is 122 Å². The van der Waals surface area contributed by atoms with E-state index in [9.17, 15) is 0 Å². The smallest absolute Gasteiger partial charge is 0.188 e. The summed E-state index contributed by atoms with van der Waals surface area (Å²) in [6.07, 6.45) is 0. The number of benzene rings is 1. The fourth-order valence-corrected chi connectivity index (χ4v) is 1.75. The van der Waals surface area contributed by atoms with Gasteiger partial charge < -0.3 is 16.4 Å². The maximum absolute atomic E-state index is 5.87. The number of nitrogens with one attached hydrogen (secondary N) is 2. The minimum Gasteiger partial charge on any atom is -0.380 e. The molecule has 1 atom stereocenters. The molecule has 1 aromatic carbocycles. The van der Waals surface area contributed by atoms with Crippen molar-refractivity contribution in [1.29, 1.82) is 0 Å². The van der Waals surface area contributed by atoms with Crippen LogP contribution in [0.1, 0.15) is 27.7 Å². The standard InChI is InChI=1S/C16H28N4/c1-12(2)10-18-16(17)19-11-15(13(3)4)20-14-8-6-5-7-9-14/h5-9,12-13,15,20H,10-11H2,1-4H3,(H3,17,18,19). The summed E-state index contributed by atoms with van der Waals surface area (Å²) in [6, 6.07) is 10.5. The van der Waals surface area contributed by atoms with Crippen molar-refractivity contribution in [1.82, 2.24) is 5.32 Å². The Morgan fingerprint density at radius 2 is 1.80 bits per heavy atom. The summed E-state index contributed by atoms with van der Waals surface area (Å²) in [5, 5.41) is 6.73. The summed E-state index contributed by atoms with van der Waals surface area (Å²) in [6.45, 7) is 10.2. The highest BCUT2D eigenvalue weighted by Crippen LogP contribution is 2.11. The SMILES string of the molecule is CC(C)CN=C(N)NCC(Nc1ccccc1)C(C)C. The molecule has 4 nitrogen and oxygen atoms in total. The lowest BCUT2D eigenvalue weighted by Gasteiger charge is -2.24. The quantitative estimate of drug-likeness (QED) is 0.530. The van der Waals surface area contributed by atoms with Crippen LogP contribution in [0.3, 0.4) is 0 Å². The number of nitrogens with zero attached hydrogens (tertiary/aromatic N) is 1. The number of rotatable bonds is 7. The normalized spacial score (nSPS) is 13.6. The minimum absolute atomic E-state index is 0.310. The lowest BCUT2D eigenvalue weighted by Crippen LogP contribution is -2.42.